The summed E-state index contributed by atoms with van der Waals surface area (Å²) in [5.41, 5.74) is 1.97. The second kappa shape index (κ2) is 5.60. The molecule has 0 spiro atoms. The molecular formula is C16H14FN3O2S. The van der Waals surface area contributed by atoms with Crippen molar-refractivity contribution in [1.29, 1.82) is 0 Å². The van der Waals surface area contributed by atoms with Crippen molar-refractivity contribution < 1.29 is 12.8 Å². The Morgan fingerprint density at radius 1 is 1.09 bits per heavy atom. The predicted octanol–water partition coefficient (Wildman–Crippen LogP) is 2.63. The van der Waals surface area contributed by atoms with Crippen molar-refractivity contribution in [3.8, 4) is 16.8 Å². The van der Waals surface area contributed by atoms with Crippen LogP contribution in [0.1, 0.15) is 5.56 Å². The maximum Gasteiger partial charge on any atom is 0.238 e. The van der Waals surface area contributed by atoms with Crippen LogP contribution in [0.15, 0.2) is 59.6 Å². The van der Waals surface area contributed by atoms with Crippen LogP contribution in [-0.2, 0) is 10.0 Å². The SMILES string of the molecule is Cc1ccc(S(N)(=O)=O)cc1-c1cnn(-c2ccccc2)c1F. The van der Waals surface area contributed by atoms with Crippen molar-refractivity contribution >= 4 is 10.0 Å². The lowest BCUT2D eigenvalue weighted by molar-refractivity contribution is 0.539. The topological polar surface area (TPSA) is 78.0 Å². The highest BCUT2D eigenvalue weighted by molar-refractivity contribution is 7.89. The minimum absolute atomic E-state index is 0.0649. The molecular weight excluding hydrogens is 317 g/mol. The largest absolute Gasteiger partial charge is 0.238 e. The standard InChI is InChI=1S/C16H14FN3O2S/c1-11-7-8-13(23(18,21)22)9-14(11)15-10-19-20(16(15)17)12-5-3-2-4-6-12/h2-10H,1H3,(H2,18,21,22). The fourth-order valence-electron chi connectivity index (χ4n) is 2.33. The summed E-state index contributed by atoms with van der Waals surface area (Å²) in [7, 11) is -3.86. The van der Waals surface area contributed by atoms with E-state index in [1.165, 1.54) is 23.0 Å². The van der Waals surface area contributed by atoms with Gasteiger partial charge < -0.3 is 0 Å². The number of halogens is 1. The van der Waals surface area contributed by atoms with Crippen LogP contribution >= 0.6 is 0 Å². The molecule has 1 heterocycles. The molecule has 0 aliphatic rings. The van der Waals surface area contributed by atoms with E-state index in [2.05, 4.69) is 5.10 Å². The van der Waals surface area contributed by atoms with E-state index in [-0.39, 0.29) is 10.5 Å². The Labute approximate surface area is 133 Å². The zero-order valence-corrected chi connectivity index (χ0v) is 13.1. The van der Waals surface area contributed by atoms with Gasteiger partial charge in [0.05, 0.1) is 22.3 Å². The van der Waals surface area contributed by atoms with Crippen LogP contribution in [0.25, 0.3) is 16.8 Å². The number of aromatic nitrogens is 2. The van der Waals surface area contributed by atoms with Crippen LogP contribution in [0.4, 0.5) is 4.39 Å². The Morgan fingerprint density at radius 3 is 2.43 bits per heavy atom. The van der Waals surface area contributed by atoms with Crippen molar-refractivity contribution in [1.82, 2.24) is 9.78 Å². The van der Waals surface area contributed by atoms with Gasteiger partial charge in [0.1, 0.15) is 0 Å². The number of hydrogen-bond acceptors (Lipinski definition) is 3. The summed E-state index contributed by atoms with van der Waals surface area (Å²) in [5.74, 6) is -0.564. The number of hydrogen-bond donors (Lipinski definition) is 1. The quantitative estimate of drug-likeness (QED) is 0.801. The van der Waals surface area contributed by atoms with Crippen LogP contribution < -0.4 is 5.14 Å². The van der Waals surface area contributed by atoms with E-state index in [0.29, 0.717) is 11.3 Å². The normalized spacial score (nSPS) is 11.6. The molecule has 0 saturated carbocycles. The van der Waals surface area contributed by atoms with Gasteiger partial charge in [-0.2, -0.15) is 9.49 Å². The Bertz CT molecular complexity index is 966. The summed E-state index contributed by atoms with van der Waals surface area (Å²) in [6, 6.07) is 13.2. The number of para-hydroxylation sites is 1. The summed E-state index contributed by atoms with van der Waals surface area (Å²) in [6.45, 7) is 1.77. The van der Waals surface area contributed by atoms with Crippen molar-refractivity contribution in [2.24, 2.45) is 5.14 Å². The van der Waals surface area contributed by atoms with Crippen molar-refractivity contribution in [3.63, 3.8) is 0 Å². The Balaban J connectivity index is 2.16. The van der Waals surface area contributed by atoms with Gasteiger partial charge in [0, 0.05) is 0 Å². The van der Waals surface area contributed by atoms with Crippen molar-refractivity contribution in [2.75, 3.05) is 0 Å². The number of primary sulfonamides is 1. The molecule has 118 valence electrons. The zero-order valence-electron chi connectivity index (χ0n) is 12.3. The Morgan fingerprint density at radius 2 is 1.78 bits per heavy atom. The third kappa shape index (κ3) is 2.88. The third-order valence-corrected chi connectivity index (χ3v) is 4.45. The number of rotatable bonds is 3. The van der Waals surface area contributed by atoms with Gasteiger partial charge >= 0.3 is 0 Å². The molecule has 2 N–H and O–H groups in total. The lowest BCUT2D eigenvalue weighted by Gasteiger charge is -2.07. The molecule has 0 aliphatic carbocycles. The van der Waals surface area contributed by atoms with Crippen LogP contribution in [0.5, 0.6) is 0 Å². The van der Waals surface area contributed by atoms with Crippen LogP contribution in [0.2, 0.25) is 0 Å². The lowest BCUT2D eigenvalue weighted by atomic mass is 10.0. The van der Waals surface area contributed by atoms with Crippen molar-refractivity contribution in [3.05, 3.63) is 66.2 Å². The minimum Gasteiger partial charge on any atom is -0.225 e. The molecule has 2 aromatic carbocycles. The summed E-state index contributed by atoms with van der Waals surface area (Å²) >= 11 is 0. The first-order chi connectivity index (χ1) is 10.9. The number of aryl methyl sites for hydroxylation is 1. The van der Waals surface area contributed by atoms with Gasteiger partial charge in [0.2, 0.25) is 16.0 Å². The molecule has 0 atom stereocenters. The summed E-state index contributed by atoms with van der Waals surface area (Å²) in [4.78, 5) is -0.0649. The number of nitrogens with two attached hydrogens (primary N) is 1. The lowest BCUT2D eigenvalue weighted by Crippen LogP contribution is -2.12. The van der Waals surface area contributed by atoms with E-state index in [0.717, 1.165) is 5.56 Å². The molecule has 0 aliphatic heterocycles. The predicted molar refractivity (Wildman–Crippen MR) is 85.1 cm³/mol. The second-order valence-corrected chi connectivity index (χ2v) is 6.68. The van der Waals surface area contributed by atoms with E-state index in [1.54, 1.807) is 37.3 Å². The van der Waals surface area contributed by atoms with E-state index < -0.39 is 16.0 Å². The van der Waals surface area contributed by atoms with Crippen LogP contribution in [0, 0.1) is 12.9 Å². The summed E-state index contributed by atoms with van der Waals surface area (Å²) < 4.78 is 38.9. The fraction of sp³-hybridized carbons (Fsp3) is 0.0625. The second-order valence-electron chi connectivity index (χ2n) is 5.12. The molecule has 3 aromatic rings. The average Bonchev–Trinajstić information content (AvgIpc) is 2.89. The van der Waals surface area contributed by atoms with Gasteiger partial charge in [-0.1, -0.05) is 24.3 Å². The molecule has 0 unspecified atom stereocenters. The smallest absolute Gasteiger partial charge is 0.225 e. The van der Waals surface area contributed by atoms with Gasteiger partial charge in [-0.15, -0.1) is 0 Å². The summed E-state index contributed by atoms with van der Waals surface area (Å²) in [5, 5.41) is 9.20. The van der Waals surface area contributed by atoms with Gasteiger partial charge in [0.15, 0.2) is 0 Å². The third-order valence-electron chi connectivity index (χ3n) is 3.54. The van der Waals surface area contributed by atoms with Crippen LogP contribution in [-0.4, -0.2) is 18.2 Å². The van der Waals surface area contributed by atoms with E-state index in [1.807, 2.05) is 6.07 Å². The molecule has 0 radical (unpaired) electrons. The van der Waals surface area contributed by atoms with E-state index in [4.69, 9.17) is 5.14 Å². The van der Waals surface area contributed by atoms with Crippen LogP contribution in [0.3, 0.4) is 0 Å². The Kier molecular flexibility index (Phi) is 3.75. The van der Waals surface area contributed by atoms with Gasteiger partial charge in [-0.3, -0.25) is 0 Å². The first kappa shape index (κ1) is 15.4. The molecule has 0 saturated heterocycles. The number of benzene rings is 2. The molecule has 1 aromatic heterocycles. The van der Waals surface area contributed by atoms with E-state index >= 15 is 0 Å². The highest BCUT2D eigenvalue weighted by Gasteiger charge is 2.17. The maximum atomic E-state index is 14.7. The molecule has 0 amide bonds. The first-order valence-corrected chi connectivity index (χ1v) is 8.35. The first-order valence-electron chi connectivity index (χ1n) is 6.80. The maximum absolute atomic E-state index is 14.7. The minimum atomic E-state index is -3.86. The number of nitrogens with zero attached hydrogens (tertiary/aromatic N) is 2. The molecule has 3 rings (SSSR count). The molecule has 7 heteroatoms. The highest BCUT2D eigenvalue weighted by Crippen LogP contribution is 2.29. The molecule has 23 heavy (non-hydrogen) atoms. The fourth-order valence-corrected chi connectivity index (χ4v) is 2.87. The number of sulfonamides is 1. The average molecular weight is 331 g/mol. The molecule has 0 fully saturated rings. The van der Waals surface area contributed by atoms with Gasteiger partial charge in [-0.25, -0.2) is 18.2 Å². The van der Waals surface area contributed by atoms with Gasteiger partial charge in [-0.05, 0) is 42.3 Å². The van der Waals surface area contributed by atoms with Crippen molar-refractivity contribution in [2.45, 2.75) is 11.8 Å². The molecule has 0 bridgehead atoms. The monoisotopic (exact) mass is 331 g/mol. The highest BCUT2D eigenvalue weighted by atomic mass is 32.2. The zero-order chi connectivity index (χ0) is 16.6. The van der Waals surface area contributed by atoms with Gasteiger partial charge in [0.25, 0.3) is 0 Å². The molecule has 5 nitrogen and oxygen atoms in total. The Hall–Kier alpha value is -2.51. The van der Waals surface area contributed by atoms with E-state index in [9.17, 15) is 12.8 Å². The summed E-state index contributed by atoms with van der Waals surface area (Å²) in [6.07, 6.45) is 1.37.